The number of ether oxygens (including phenoxy) is 1. The van der Waals surface area contributed by atoms with E-state index in [1.54, 1.807) is 37.3 Å². The van der Waals surface area contributed by atoms with Crippen LogP contribution in [0.2, 0.25) is 0 Å². The highest BCUT2D eigenvalue weighted by molar-refractivity contribution is 6.03. The van der Waals surface area contributed by atoms with Crippen LogP contribution in [0.15, 0.2) is 47.4 Å². The highest BCUT2D eigenvalue weighted by atomic mass is 16.5. The summed E-state index contributed by atoms with van der Waals surface area (Å²) in [5, 5.41) is 21.7. The number of aromatic nitrogens is 2. The van der Waals surface area contributed by atoms with Gasteiger partial charge in [0, 0.05) is 23.6 Å². The van der Waals surface area contributed by atoms with Gasteiger partial charge in [-0.15, -0.1) is 0 Å². The van der Waals surface area contributed by atoms with Crippen LogP contribution in [0.5, 0.6) is 0 Å². The lowest BCUT2D eigenvalue weighted by atomic mass is 9.83. The standard InChI is InChI=1S/C18H21N3O5/c1-12-18(10-22,11-23)9-15(26-12)21-8-7-14(20-17(21)25)19-16(24)13-5-3-2-4-6-13/h2-8,12,15,22-23H,9-11H2,1H3,(H,19,20,24,25)/t12-,15-/m0/s1. The van der Waals surface area contributed by atoms with E-state index in [2.05, 4.69) is 10.3 Å². The molecular weight excluding hydrogens is 338 g/mol. The zero-order chi connectivity index (χ0) is 18.7. The maximum atomic E-state index is 12.3. The molecule has 1 aromatic carbocycles. The minimum absolute atomic E-state index is 0.140. The van der Waals surface area contributed by atoms with Crippen molar-refractivity contribution in [2.75, 3.05) is 18.5 Å². The summed E-state index contributed by atoms with van der Waals surface area (Å²) < 4.78 is 7.03. The first kappa shape index (κ1) is 18.2. The fraction of sp³-hybridized carbons (Fsp3) is 0.389. The summed E-state index contributed by atoms with van der Waals surface area (Å²) >= 11 is 0. The first-order valence-corrected chi connectivity index (χ1v) is 8.32. The molecule has 0 aliphatic carbocycles. The molecule has 0 bridgehead atoms. The van der Waals surface area contributed by atoms with E-state index in [1.807, 2.05) is 0 Å². The van der Waals surface area contributed by atoms with Crippen molar-refractivity contribution in [3.8, 4) is 0 Å². The zero-order valence-corrected chi connectivity index (χ0v) is 14.3. The van der Waals surface area contributed by atoms with Gasteiger partial charge in [0.1, 0.15) is 12.0 Å². The average Bonchev–Trinajstić information content (AvgIpc) is 2.99. The van der Waals surface area contributed by atoms with Crippen LogP contribution >= 0.6 is 0 Å². The largest absolute Gasteiger partial charge is 0.396 e. The lowest BCUT2D eigenvalue weighted by Gasteiger charge is -2.26. The number of carbonyl (C=O) groups is 1. The quantitative estimate of drug-likeness (QED) is 0.727. The van der Waals surface area contributed by atoms with Crippen LogP contribution in [0.25, 0.3) is 0 Å². The number of hydrogen-bond donors (Lipinski definition) is 3. The summed E-state index contributed by atoms with van der Waals surface area (Å²) in [7, 11) is 0. The highest BCUT2D eigenvalue weighted by Crippen LogP contribution is 2.42. The summed E-state index contributed by atoms with van der Waals surface area (Å²) in [6, 6.07) is 10.1. The molecule has 0 saturated carbocycles. The molecule has 8 nitrogen and oxygen atoms in total. The summed E-state index contributed by atoms with van der Waals surface area (Å²) in [6.07, 6.45) is 0.728. The molecule has 1 fully saturated rings. The third-order valence-electron chi connectivity index (χ3n) is 4.85. The Balaban J connectivity index is 1.77. The van der Waals surface area contributed by atoms with Crippen molar-refractivity contribution in [3.63, 3.8) is 0 Å². The van der Waals surface area contributed by atoms with E-state index in [0.29, 0.717) is 12.0 Å². The Kier molecular flexibility index (Phi) is 5.17. The van der Waals surface area contributed by atoms with Gasteiger partial charge in [0.25, 0.3) is 5.91 Å². The second kappa shape index (κ2) is 7.36. The van der Waals surface area contributed by atoms with Crippen molar-refractivity contribution in [1.29, 1.82) is 0 Å². The Labute approximate surface area is 150 Å². The van der Waals surface area contributed by atoms with Crippen LogP contribution in [-0.2, 0) is 4.74 Å². The number of nitrogens with zero attached hydrogens (tertiary/aromatic N) is 2. The minimum atomic E-state index is -0.801. The molecule has 1 aliphatic heterocycles. The number of amides is 1. The Morgan fingerprint density at radius 2 is 2.00 bits per heavy atom. The molecule has 1 amide bonds. The maximum absolute atomic E-state index is 12.3. The van der Waals surface area contributed by atoms with Gasteiger partial charge >= 0.3 is 5.69 Å². The van der Waals surface area contributed by atoms with Gasteiger partial charge in [0.05, 0.1) is 19.3 Å². The van der Waals surface area contributed by atoms with Crippen molar-refractivity contribution in [2.45, 2.75) is 25.7 Å². The molecule has 0 unspecified atom stereocenters. The maximum Gasteiger partial charge on any atom is 0.351 e. The summed E-state index contributed by atoms with van der Waals surface area (Å²) in [5.74, 6) is -0.220. The second-order valence-electron chi connectivity index (χ2n) is 6.44. The topological polar surface area (TPSA) is 114 Å². The first-order valence-electron chi connectivity index (χ1n) is 8.32. The second-order valence-corrected chi connectivity index (χ2v) is 6.44. The van der Waals surface area contributed by atoms with E-state index < -0.39 is 23.4 Å². The molecule has 8 heteroatoms. The molecule has 1 aromatic heterocycles. The monoisotopic (exact) mass is 359 g/mol. The number of carbonyl (C=O) groups excluding carboxylic acids is 1. The van der Waals surface area contributed by atoms with Crippen LogP contribution in [0.1, 0.15) is 29.9 Å². The number of benzene rings is 1. The average molecular weight is 359 g/mol. The van der Waals surface area contributed by atoms with E-state index >= 15 is 0 Å². The van der Waals surface area contributed by atoms with Gasteiger partial charge in [-0.3, -0.25) is 9.36 Å². The number of nitrogens with one attached hydrogen (secondary N) is 1. The van der Waals surface area contributed by atoms with Gasteiger partial charge in [-0.2, -0.15) is 4.98 Å². The lowest BCUT2D eigenvalue weighted by molar-refractivity contribution is -0.0367. The fourth-order valence-electron chi connectivity index (χ4n) is 3.02. The van der Waals surface area contributed by atoms with Gasteiger partial charge in [-0.1, -0.05) is 18.2 Å². The van der Waals surface area contributed by atoms with Gasteiger partial charge in [0.2, 0.25) is 0 Å². The van der Waals surface area contributed by atoms with Crippen LogP contribution < -0.4 is 11.0 Å². The Hall–Kier alpha value is -2.55. The van der Waals surface area contributed by atoms with Gasteiger partial charge < -0.3 is 20.3 Å². The fourth-order valence-corrected chi connectivity index (χ4v) is 3.02. The van der Waals surface area contributed by atoms with E-state index in [0.717, 1.165) is 0 Å². The smallest absolute Gasteiger partial charge is 0.351 e. The predicted octanol–water partition coefficient (Wildman–Crippen LogP) is 0.774. The third-order valence-corrected chi connectivity index (χ3v) is 4.85. The van der Waals surface area contributed by atoms with E-state index in [4.69, 9.17) is 4.74 Å². The van der Waals surface area contributed by atoms with Crippen molar-refractivity contribution in [1.82, 2.24) is 9.55 Å². The Bertz CT molecular complexity index is 832. The molecule has 2 atom stereocenters. The molecule has 26 heavy (non-hydrogen) atoms. The SMILES string of the molecule is C[C@@H]1O[C@H](n2ccc(NC(=O)c3ccccc3)nc2=O)CC1(CO)CO. The van der Waals surface area contributed by atoms with Crippen molar-refractivity contribution >= 4 is 11.7 Å². The zero-order valence-electron chi connectivity index (χ0n) is 14.3. The summed E-state index contributed by atoms with van der Waals surface area (Å²) in [4.78, 5) is 28.3. The molecule has 3 rings (SSSR count). The molecule has 1 aliphatic rings. The third kappa shape index (κ3) is 3.39. The lowest BCUT2D eigenvalue weighted by Crippen LogP contribution is -2.36. The van der Waals surface area contributed by atoms with Gasteiger partial charge in [-0.05, 0) is 25.1 Å². The molecular formula is C18H21N3O5. The van der Waals surface area contributed by atoms with Crippen LogP contribution in [0.4, 0.5) is 5.82 Å². The summed E-state index contributed by atoms with van der Waals surface area (Å²) in [5.41, 5.74) is -0.925. The Morgan fingerprint density at radius 3 is 2.58 bits per heavy atom. The summed E-state index contributed by atoms with van der Waals surface area (Å²) in [6.45, 7) is 1.27. The van der Waals surface area contributed by atoms with Crippen LogP contribution in [-0.4, -0.2) is 45.0 Å². The van der Waals surface area contributed by atoms with Gasteiger partial charge in [0.15, 0.2) is 0 Å². The van der Waals surface area contributed by atoms with Crippen molar-refractivity contribution < 1.29 is 19.7 Å². The molecule has 3 N–H and O–H groups in total. The number of aliphatic hydroxyl groups excluding tert-OH is 2. The molecule has 1 saturated heterocycles. The number of hydrogen-bond acceptors (Lipinski definition) is 6. The van der Waals surface area contributed by atoms with Crippen molar-refractivity contribution in [3.05, 3.63) is 58.6 Å². The van der Waals surface area contributed by atoms with Crippen LogP contribution in [0.3, 0.4) is 0 Å². The highest BCUT2D eigenvalue weighted by Gasteiger charge is 2.46. The molecule has 0 radical (unpaired) electrons. The molecule has 2 heterocycles. The minimum Gasteiger partial charge on any atom is -0.396 e. The van der Waals surface area contributed by atoms with E-state index in [1.165, 1.54) is 16.8 Å². The van der Waals surface area contributed by atoms with E-state index in [-0.39, 0.29) is 24.9 Å². The predicted molar refractivity (Wildman–Crippen MR) is 93.7 cm³/mol. The van der Waals surface area contributed by atoms with Gasteiger partial charge in [-0.25, -0.2) is 4.79 Å². The van der Waals surface area contributed by atoms with Crippen LogP contribution in [0, 0.1) is 5.41 Å². The Morgan fingerprint density at radius 1 is 1.31 bits per heavy atom. The van der Waals surface area contributed by atoms with E-state index in [9.17, 15) is 19.8 Å². The number of anilines is 1. The normalized spacial score (nSPS) is 21.5. The molecule has 138 valence electrons. The number of rotatable bonds is 5. The number of aliphatic hydroxyl groups is 2. The molecule has 0 spiro atoms. The van der Waals surface area contributed by atoms with Crippen molar-refractivity contribution in [2.24, 2.45) is 5.41 Å². The first-order chi connectivity index (χ1) is 12.5. The molecule has 2 aromatic rings.